The first kappa shape index (κ1) is 22.2. The molecule has 4 heteroatoms. The lowest BCUT2D eigenvalue weighted by Crippen LogP contribution is -1.94. The van der Waals surface area contributed by atoms with Gasteiger partial charge < -0.3 is 4.57 Å². The Hall–Kier alpha value is -5.61. The fourth-order valence-corrected chi connectivity index (χ4v) is 6.53. The molecular weight excluding hydrogens is 500 g/mol. The smallest absolute Gasteiger partial charge is 0.0969 e. The minimum Gasteiger partial charge on any atom is -0.308 e. The number of para-hydroxylation sites is 1. The normalized spacial score (nSPS) is 11.9. The first-order chi connectivity index (χ1) is 20.3. The summed E-state index contributed by atoms with van der Waals surface area (Å²) in [6, 6.07) is 40.8. The first-order valence-corrected chi connectivity index (χ1v) is 13.8. The third-order valence-electron chi connectivity index (χ3n) is 8.28. The highest BCUT2D eigenvalue weighted by Crippen LogP contribution is 2.44. The van der Waals surface area contributed by atoms with Crippen molar-refractivity contribution < 1.29 is 0 Å². The van der Waals surface area contributed by atoms with Crippen LogP contribution in [-0.2, 0) is 0 Å². The number of fused-ring (bicyclic) bond motifs is 4. The van der Waals surface area contributed by atoms with Gasteiger partial charge in [0.1, 0.15) is 0 Å². The van der Waals surface area contributed by atoms with Crippen molar-refractivity contribution >= 4 is 54.3 Å². The molecule has 5 aromatic carbocycles. The van der Waals surface area contributed by atoms with E-state index in [1.54, 1.807) is 0 Å². The van der Waals surface area contributed by atoms with E-state index in [0.717, 1.165) is 39.2 Å². The van der Waals surface area contributed by atoms with Crippen LogP contribution in [-0.4, -0.2) is 19.5 Å². The van der Waals surface area contributed by atoms with Crippen LogP contribution in [0, 0.1) is 0 Å². The van der Waals surface area contributed by atoms with Crippen LogP contribution in [0.2, 0.25) is 0 Å². The number of pyridine rings is 3. The maximum Gasteiger partial charge on any atom is 0.0969 e. The zero-order valence-electron chi connectivity index (χ0n) is 22.0. The first-order valence-electron chi connectivity index (χ1n) is 13.8. The largest absolute Gasteiger partial charge is 0.308 e. The van der Waals surface area contributed by atoms with E-state index in [0.29, 0.717) is 0 Å². The van der Waals surface area contributed by atoms with Gasteiger partial charge in [-0.25, -0.2) is 4.98 Å². The molecule has 9 aromatic rings. The summed E-state index contributed by atoms with van der Waals surface area (Å²) in [7, 11) is 0. The Morgan fingerprint density at radius 3 is 2.20 bits per heavy atom. The molecular formula is C37H22N4. The third kappa shape index (κ3) is 3.19. The number of rotatable bonds is 3. The molecule has 0 atom stereocenters. The highest BCUT2D eigenvalue weighted by atomic mass is 15.0. The molecule has 0 bridgehead atoms. The maximum absolute atomic E-state index is 5.08. The molecule has 4 nitrogen and oxygen atoms in total. The van der Waals surface area contributed by atoms with Gasteiger partial charge in [-0.05, 0) is 86.9 Å². The van der Waals surface area contributed by atoms with Crippen LogP contribution in [0.3, 0.4) is 0 Å². The number of hydrogen-bond acceptors (Lipinski definition) is 3. The Bertz CT molecular complexity index is 2410. The molecule has 4 heterocycles. The van der Waals surface area contributed by atoms with Gasteiger partial charge in [-0.3, -0.25) is 9.97 Å². The van der Waals surface area contributed by atoms with Gasteiger partial charge in [0.05, 0.1) is 27.9 Å². The van der Waals surface area contributed by atoms with Gasteiger partial charge in [0.15, 0.2) is 0 Å². The monoisotopic (exact) mass is 522 g/mol. The summed E-state index contributed by atoms with van der Waals surface area (Å²) in [4.78, 5) is 14.2. The zero-order valence-corrected chi connectivity index (χ0v) is 22.0. The fraction of sp³-hybridized carbons (Fsp3) is 0. The van der Waals surface area contributed by atoms with Crippen molar-refractivity contribution in [1.29, 1.82) is 0 Å². The summed E-state index contributed by atoms with van der Waals surface area (Å²) >= 11 is 0. The average Bonchev–Trinajstić information content (AvgIpc) is 3.38. The van der Waals surface area contributed by atoms with Crippen molar-refractivity contribution in [2.24, 2.45) is 0 Å². The van der Waals surface area contributed by atoms with Crippen molar-refractivity contribution in [3.63, 3.8) is 0 Å². The summed E-state index contributed by atoms with van der Waals surface area (Å²) in [6.45, 7) is 0. The lowest BCUT2D eigenvalue weighted by atomic mass is 9.89. The van der Waals surface area contributed by atoms with Gasteiger partial charge in [0, 0.05) is 40.8 Å². The van der Waals surface area contributed by atoms with Crippen LogP contribution in [0.15, 0.2) is 134 Å². The Morgan fingerprint density at radius 2 is 1.29 bits per heavy atom. The lowest BCUT2D eigenvalue weighted by molar-refractivity contribution is 1.18. The predicted molar refractivity (Wildman–Crippen MR) is 169 cm³/mol. The summed E-state index contributed by atoms with van der Waals surface area (Å²) < 4.78 is 2.34. The summed E-state index contributed by atoms with van der Waals surface area (Å²) in [5, 5.41) is 8.62. The van der Waals surface area contributed by atoms with E-state index in [2.05, 4.69) is 107 Å². The fourth-order valence-electron chi connectivity index (χ4n) is 6.53. The minimum atomic E-state index is 0.942. The van der Waals surface area contributed by atoms with E-state index in [-0.39, 0.29) is 0 Å². The SMILES string of the molecule is c1ccc(-n2c3cccnc3c3c4ccc5ccc(-c6cccc(-c7ccncc7)n6)c6ccc(cc32)c4c56)cc1. The molecule has 4 aromatic heterocycles. The minimum absolute atomic E-state index is 0.942. The van der Waals surface area contributed by atoms with Crippen molar-refractivity contribution in [2.75, 3.05) is 0 Å². The highest BCUT2D eigenvalue weighted by Gasteiger charge is 2.20. The molecule has 190 valence electrons. The molecule has 0 aliphatic carbocycles. The number of benzene rings is 5. The summed E-state index contributed by atoms with van der Waals surface area (Å²) in [5.41, 5.74) is 8.54. The molecule has 0 spiro atoms. The standard InChI is InChI=1S/C37H22N4/c1-2-6-26(7-3-1)41-32-10-5-19-39-37(32)36-29-16-12-24-11-14-27(28-15-13-25(22-33(36)41)35(29)34(24)28)31-9-4-8-30(40-31)23-17-20-38-21-18-23/h1-22H. The van der Waals surface area contributed by atoms with E-state index in [4.69, 9.17) is 9.97 Å². The second kappa shape index (κ2) is 8.44. The summed E-state index contributed by atoms with van der Waals surface area (Å²) in [5.74, 6) is 0. The maximum atomic E-state index is 5.08. The topological polar surface area (TPSA) is 43.6 Å². The second-order valence-electron chi connectivity index (χ2n) is 10.5. The molecule has 0 aliphatic rings. The Labute approximate surface area is 235 Å². The Kier molecular flexibility index (Phi) is 4.58. The molecule has 0 fully saturated rings. The van der Waals surface area contributed by atoms with E-state index in [1.807, 2.05) is 36.8 Å². The van der Waals surface area contributed by atoms with E-state index in [9.17, 15) is 0 Å². The van der Waals surface area contributed by atoms with Gasteiger partial charge in [0.2, 0.25) is 0 Å². The van der Waals surface area contributed by atoms with Crippen LogP contribution < -0.4 is 0 Å². The highest BCUT2D eigenvalue weighted by molar-refractivity contribution is 6.33. The molecule has 0 unspecified atom stereocenters. The Morgan fingerprint density at radius 1 is 0.512 bits per heavy atom. The van der Waals surface area contributed by atoms with Crippen molar-refractivity contribution in [1.82, 2.24) is 19.5 Å². The lowest BCUT2D eigenvalue weighted by Gasteiger charge is -2.15. The van der Waals surface area contributed by atoms with Crippen LogP contribution in [0.25, 0.3) is 82.5 Å². The van der Waals surface area contributed by atoms with E-state index >= 15 is 0 Å². The van der Waals surface area contributed by atoms with E-state index < -0.39 is 0 Å². The molecule has 0 saturated carbocycles. The van der Waals surface area contributed by atoms with Gasteiger partial charge in [0.25, 0.3) is 0 Å². The van der Waals surface area contributed by atoms with Gasteiger partial charge in [-0.15, -0.1) is 0 Å². The third-order valence-corrected chi connectivity index (χ3v) is 8.28. The van der Waals surface area contributed by atoms with E-state index in [1.165, 1.54) is 43.2 Å². The molecule has 0 aliphatic heterocycles. The quantitative estimate of drug-likeness (QED) is 0.217. The molecule has 0 saturated heterocycles. The van der Waals surface area contributed by atoms with Gasteiger partial charge in [-0.1, -0.05) is 60.7 Å². The van der Waals surface area contributed by atoms with Crippen molar-refractivity contribution in [3.05, 3.63) is 134 Å². The second-order valence-corrected chi connectivity index (χ2v) is 10.5. The predicted octanol–water partition coefficient (Wildman–Crippen LogP) is 9.20. The number of aromatic nitrogens is 4. The molecule has 0 radical (unpaired) electrons. The average molecular weight is 523 g/mol. The Balaban J connectivity index is 1.37. The molecule has 9 rings (SSSR count). The molecule has 0 N–H and O–H groups in total. The molecule has 41 heavy (non-hydrogen) atoms. The van der Waals surface area contributed by atoms with Crippen LogP contribution in [0.1, 0.15) is 0 Å². The number of nitrogens with zero attached hydrogens (tertiary/aromatic N) is 4. The van der Waals surface area contributed by atoms with Crippen LogP contribution in [0.4, 0.5) is 0 Å². The zero-order chi connectivity index (χ0) is 26.9. The van der Waals surface area contributed by atoms with Crippen LogP contribution in [0.5, 0.6) is 0 Å². The van der Waals surface area contributed by atoms with Gasteiger partial charge >= 0.3 is 0 Å². The van der Waals surface area contributed by atoms with Crippen molar-refractivity contribution in [3.8, 4) is 28.2 Å². The van der Waals surface area contributed by atoms with Gasteiger partial charge in [-0.2, -0.15) is 0 Å². The number of hydrogen-bond donors (Lipinski definition) is 0. The molecule has 0 amide bonds. The summed E-state index contributed by atoms with van der Waals surface area (Å²) in [6.07, 6.45) is 5.52. The van der Waals surface area contributed by atoms with Crippen LogP contribution >= 0.6 is 0 Å². The van der Waals surface area contributed by atoms with Crippen molar-refractivity contribution in [2.45, 2.75) is 0 Å².